The molecule has 0 aliphatic rings. The van der Waals surface area contributed by atoms with Gasteiger partial charge in [0.15, 0.2) is 0 Å². The molecule has 2 rings (SSSR count). The lowest BCUT2D eigenvalue weighted by molar-refractivity contribution is 0.0600. The highest BCUT2D eigenvalue weighted by molar-refractivity contribution is 9.10. The Morgan fingerprint density at radius 2 is 2.44 bits per heavy atom. The Morgan fingerprint density at radius 1 is 1.61 bits per heavy atom. The van der Waals surface area contributed by atoms with Crippen molar-refractivity contribution in [1.29, 1.82) is 0 Å². The van der Waals surface area contributed by atoms with Crippen LogP contribution in [0.15, 0.2) is 39.7 Å². The quantitative estimate of drug-likeness (QED) is 0.695. The molecule has 94 valence electrons. The second-order valence-corrected chi connectivity index (χ2v) is 4.24. The summed E-state index contributed by atoms with van der Waals surface area (Å²) in [4.78, 5) is 15.3. The molecule has 18 heavy (non-hydrogen) atoms. The maximum atomic E-state index is 11.2. The topological polar surface area (TPSA) is 64.4 Å². The van der Waals surface area contributed by atoms with Gasteiger partial charge in [-0.1, -0.05) is 0 Å². The van der Waals surface area contributed by atoms with Gasteiger partial charge in [-0.15, -0.1) is 0 Å². The fourth-order valence-corrected chi connectivity index (χ4v) is 1.79. The lowest BCUT2D eigenvalue weighted by atomic mass is 10.3. The summed E-state index contributed by atoms with van der Waals surface area (Å²) in [7, 11) is 1.33. The van der Waals surface area contributed by atoms with Gasteiger partial charge in [0.1, 0.15) is 16.6 Å². The number of hydrogen-bond donors (Lipinski definition) is 1. The third-order valence-electron chi connectivity index (χ3n) is 2.29. The van der Waals surface area contributed by atoms with Crippen molar-refractivity contribution in [2.24, 2.45) is 0 Å². The molecule has 0 saturated heterocycles. The number of halogens is 1. The summed E-state index contributed by atoms with van der Waals surface area (Å²) in [6, 6.07) is 5.36. The minimum Gasteiger partial charge on any atom is -0.467 e. The zero-order valence-electron chi connectivity index (χ0n) is 9.64. The average molecular weight is 311 g/mol. The van der Waals surface area contributed by atoms with Crippen LogP contribution in [-0.2, 0) is 11.3 Å². The molecule has 0 aliphatic heterocycles. The molecule has 0 aliphatic carbocycles. The number of aromatic nitrogens is 1. The monoisotopic (exact) mass is 310 g/mol. The number of carbonyl (C=O) groups is 1. The van der Waals surface area contributed by atoms with Gasteiger partial charge in [-0.05, 0) is 34.1 Å². The highest BCUT2D eigenvalue weighted by Crippen LogP contribution is 2.19. The molecular weight excluding hydrogens is 300 g/mol. The Morgan fingerprint density at radius 3 is 3.17 bits per heavy atom. The largest absolute Gasteiger partial charge is 0.467 e. The molecule has 2 aromatic rings. The lowest BCUT2D eigenvalue weighted by Crippen LogP contribution is -2.00. The van der Waals surface area contributed by atoms with Crippen LogP contribution in [0.25, 0.3) is 0 Å². The molecule has 0 fully saturated rings. The highest BCUT2D eigenvalue weighted by Gasteiger charge is 2.10. The van der Waals surface area contributed by atoms with Crippen LogP contribution in [-0.4, -0.2) is 18.1 Å². The number of rotatable bonds is 4. The van der Waals surface area contributed by atoms with Gasteiger partial charge < -0.3 is 14.5 Å². The van der Waals surface area contributed by atoms with Gasteiger partial charge in [-0.25, -0.2) is 9.78 Å². The second-order valence-electron chi connectivity index (χ2n) is 3.49. The molecule has 0 saturated carbocycles. The van der Waals surface area contributed by atoms with E-state index in [0.717, 1.165) is 10.3 Å². The first-order valence-electron chi connectivity index (χ1n) is 5.21. The smallest absolute Gasteiger partial charge is 0.341 e. The first-order chi connectivity index (χ1) is 8.70. The van der Waals surface area contributed by atoms with E-state index in [1.54, 1.807) is 12.3 Å². The summed E-state index contributed by atoms with van der Waals surface area (Å²) in [5.74, 6) is 0.235. The van der Waals surface area contributed by atoms with E-state index < -0.39 is 5.97 Å². The first kappa shape index (κ1) is 12.6. The van der Waals surface area contributed by atoms with Gasteiger partial charge in [0.2, 0.25) is 0 Å². The molecule has 0 unspecified atom stereocenters. The Kier molecular flexibility index (Phi) is 3.99. The number of methoxy groups -OCH3 is 1. The Balaban J connectivity index is 2.01. The number of nitrogens with zero attached hydrogens (tertiary/aromatic N) is 1. The molecule has 2 aromatic heterocycles. The van der Waals surface area contributed by atoms with E-state index in [9.17, 15) is 4.79 Å². The highest BCUT2D eigenvalue weighted by atomic mass is 79.9. The van der Waals surface area contributed by atoms with E-state index in [1.165, 1.54) is 13.4 Å². The third-order valence-corrected chi connectivity index (χ3v) is 2.92. The van der Waals surface area contributed by atoms with Crippen molar-refractivity contribution in [2.75, 3.05) is 12.4 Å². The standard InChI is InChI=1S/C12H11BrN2O3/c1-17-12(16)8-5-9(18-7-8)6-15-10-3-2-4-14-11(10)13/h2-5,7,15H,6H2,1H3. The lowest BCUT2D eigenvalue weighted by Gasteiger charge is -2.04. The number of pyridine rings is 1. The van der Waals surface area contributed by atoms with E-state index in [1.807, 2.05) is 12.1 Å². The Labute approximate surface area is 112 Å². The van der Waals surface area contributed by atoms with Gasteiger partial charge >= 0.3 is 5.97 Å². The molecule has 0 bridgehead atoms. The van der Waals surface area contributed by atoms with Crippen molar-refractivity contribution in [3.05, 3.63) is 46.6 Å². The molecule has 0 aromatic carbocycles. The summed E-state index contributed by atoms with van der Waals surface area (Å²) in [6.45, 7) is 0.460. The zero-order valence-corrected chi connectivity index (χ0v) is 11.2. The van der Waals surface area contributed by atoms with E-state index >= 15 is 0 Å². The SMILES string of the molecule is COC(=O)c1coc(CNc2cccnc2Br)c1. The van der Waals surface area contributed by atoms with E-state index in [0.29, 0.717) is 17.9 Å². The maximum Gasteiger partial charge on any atom is 0.341 e. The van der Waals surface area contributed by atoms with Gasteiger partial charge in [0, 0.05) is 6.20 Å². The van der Waals surface area contributed by atoms with Crippen LogP contribution in [0.5, 0.6) is 0 Å². The van der Waals surface area contributed by atoms with Gasteiger partial charge in [-0.3, -0.25) is 0 Å². The number of carbonyl (C=O) groups excluding carboxylic acids is 1. The van der Waals surface area contributed by atoms with Crippen LogP contribution in [0.4, 0.5) is 5.69 Å². The van der Waals surface area contributed by atoms with E-state index in [2.05, 4.69) is 31.0 Å². The molecule has 5 nitrogen and oxygen atoms in total. The van der Waals surface area contributed by atoms with Gasteiger partial charge in [-0.2, -0.15) is 0 Å². The summed E-state index contributed by atoms with van der Waals surface area (Å²) in [5.41, 5.74) is 1.26. The van der Waals surface area contributed by atoms with E-state index in [4.69, 9.17) is 4.42 Å². The van der Waals surface area contributed by atoms with Crippen molar-refractivity contribution in [3.8, 4) is 0 Å². The molecule has 0 radical (unpaired) electrons. The summed E-state index contributed by atoms with van der Waals surface area (Å²) >= 11 is 3.33. The number of hydrogen-bond acceptors (Lipinski definition) is 5. The van der Waals surface area contributed by atoms with Crippen LogP contribution in [0.1, 0.15) is 16.1 Å². The normalized spacial score (nSPS) is 10.1. The molecule has 6 heteroatoms. The van der Waals surface area contributed by atoms with Crippen LogP contribution < -0.4 is 5.32 Å². The van der Waals surface area contributed by atoms with Crippen LogP contribution in [0.3, 0.4) is 0 Å². The van der Waals surface area contributed by atoms with Crippen molar-refractivity contribution in [2.45, 2.75) is 6.54 Å². The number of anilines is 1. The van der Waals surface area contributed by atoms with Crippen molar-refractivity contribution >= 4 is 27.6 Å². The molecule has 1 N–H and O–H groups in total. The fraction of sp³-hybridized carbons (Fsp3) is 0.167. The predicted octanol–water partition coefficient (Wildman–Crippen LogP) is 2.84. The van der Waals surface area contributed by atoms with Gasteiger partial charge in [0.25, 0.3) is 0 Å². The number of esters is 1. The van der Waals surface area contributed by atoms with Crippen molar-refractivity contribution in [3.63, 3.8) is 0 Å². The van der Waals surface area contributed by atoms with Crippen LogP contribution >= 0.6 is 15.9 Å². The minimum atomic E-state index is -0.410. The number of ether oxygens (including phenoxy) is 1. The molecular formula is C12H11BrN2O3. The second kappa shape index (κ2) is 5.68. The molecule has 0 atom stereocenters. The van der Waals surface area contributed by atoms with Gasteiger partial charge in [0.05, 0.1) is 24.9 Å². The summed E-state index contributed by atoms with van der Waals surface area (Å²) in [5, 5.41) is 3.14. The predicted molar refractivity (Wildman–Crippen MR) is 69.3 cm³/mol. The zero-order chi connectivity index (χ0) is 13.0. The van der Waals surface area contributed by atoms with Crippen LogP contribution in [0.2, 0.25) is 0 Å². The number of furan rings is 1. The molecule has 0 amide bonds. The molecule has 0 spiro atoms. The minimum absolute atomic E-state index is 0.402. The summed E-state index contributed by atoms with van der Waals surface area (Å²) < 4.78 is 10.6. The number of nitrogens with one attached hydrogen (secondary N) is 1. The fourth-order valence-electron chi connectivity index (χ4n) is 1.40. The van der Waals surface area contributed by atoms with Crippen molar-refractivity contribution < 1.29 is 13.9 Å². The third kappa shape index (κ3) is 2.89. The Bertz CT molecular complexity index is 554. The summed E-state index contributed by atoms with van der Waals surface area (Å²) in [6.07, 6.45) is 3.07. The maximum absolute atomic E-state index is 11.2. The van der Waals surface area contributed by atoms with E-state index in [-0.39, 0.29) is 0 Å². The average Bonchev–Trinajstić information content (AvgIpc) is 2.86. The Hall–Kier alpha value is -1.82. The molecule has 2 heterocycles. The first-order valence-corrected chi connectivity index (χ1v) is 6.00. The van der Waals surface area contributed by atoms with Crippen LogP contribution in [0, 0.1) is 0 Å². The van der Waals surface area contributed by atoms with Crippen molar-refractivity contribution in [1.82, 2.24) is 4.98 Å².